The van der Waals surface area contributed by atoms with Crippen LogP contribution in [-0.4, -0.2) is 10.9 Å². The first-order valence-corrected chi connectivity index (χ1v) is 8.13. The molecule has 0 fully saturated rings. The largest absolute Gasteiger partial charge is 0.323 e. The number of amides is 1. The molecular weight excluding hydrogens is 320 g/mol. The summed E-state index contributed by atoms with van der Waals surface area (Å²) in [5.41, 5.74) is 2.21. The molecule has 1 amide bonds. The van der Waals surface area contributed by atoms with E-state index in [9.17, 15) is 4.79 Å². The zero-order valence-corrected chi connectivity index (χ0v) is 13.5. The van der Waals surface area contributed by atoms with E-state index >= 15 is 0 Å². The van der Waals surface area contributed by atoms with E-state index in [1.54, 1.807) is 36.5 Å². The highest BCUT2D eigenvalue weighted by atomic mass is 32.1. The molecule has 0 aliphatic heterocycles. The second-order valence-corrected chi connectivity index (χ2v) is 5.70. The fourth-order valence-corrected chi connectivity index (χ4v) is 2.40. The summed E-state index contributed by atoms with van der Waals surface area (Å²) in [5.74, 6) is -0.205. The SMILES string of the molecule is O=C(/C=C/c1nccs1)Nc1ccc(N=Nc2ccccc2)cc1. The van der Waals surface area contributed by atoms with Crippen LogP contribution >= 0.6 is 11.3 Å². The van der Waals surface area contributed by atoms with E-state index in [2.05, 4.69) is 20.5 Å². The molecule has 24 heavy (non-hydrogen) atoms. The first-order chi connectivity index (χ1) is 11.8. The first kappa shape index (κ1) is 15.8. The number of thiazole rings is 1. The minimum Gasteiger partial charge on any atom is -0.323 e. The standard InChI is InChI=1S/C18H14N4OS/c23-17(10-11-18-19-12-13-24-18)20-14-6-8-16(9-7-14)22-21-15-4-2-1-3-5-15/h1-13H,(H,20,23)/b11-10+,22-21?. The number of benzene rings is 2. The smallest absolute Gasteiger partial charge is 0.248 e. The molecule has 0 saturated carbocycles. The van der Waals surface area contributed by atoms with Crippen LogP contribution in [0.15, 0.2) is 82.5 Å². The Labute approximate surface area is 143 Å². The Balaban J connectivity index is 1.58. The maximum absolute atomic E-state index is 11.8. The third-order valence-corrected chi connectivity index (χ3v) is 3.74. The number of carbonyl (C=O) groups is 1. The topological polar surface area (TPSA) is 66.7 Å². The zero-order valence-electron chi connectivity index (χ0n) is 12.7. The molecule has 3 aromatic rings. The van der Waals surface area contributed by atoms with Gasteiger partial charge in [-0.25, -0.2) is 4.98 Å². The highest BCUT2D eigenvalue weighted by Crippen LogP contribution is 2.20. The van der Waals surface area contributed by atoms with Gasteiger partial charge in [0.25, 0.3) is 0 Å². The minimum atomic E-state index is -0.205. The number of anilines is 1. The first-order valence-electron chi connectivity index (χ1n) is 7.25. The molecule has 1 heterocycles. The second kappa shape index (κ2) is 7.94. The Kier molecular flexibility index (Phi) is 5.21. The number of rotatable bonds is 5. The van der Waals surface area contributed by atoms with E-state index in [1.807, 2.05) is 35.7 Å². The quantitative estimate of drug-likeness (QED) is 0.514. The summed E-state index contributed by atoms with van der Waals surface area (Å²) < 4.78 is 0. The fraction of sp³-hybridized carbons (Fsp3) is 0. The molecule has 0 bridgehead atoms. The molecule has 1 N–H and O–H groups in total. The van der Waals surface area contributed by atoms with Gasteiger partial charge >= 0.3 is 0 Å². The molecule has 0 aliphatic carbocycles. The monoisotopic (exact) mass is 334 g/mol. The number of nitrogens with one attached hydrogen (secondary N) is 1. The molecule has 5 nitrogen and oxygen atoms in total. The van der Waals surface area contributed by atoms with Gasteiger partial charge in [0.05, 0.1) is 11.4 Å². The van der Waals surface area contributed by atoms with E-state index in [1.165, 1.54) is 17.4 Å². The Morgan fingerprint density at radius 3 is 2.38 bits per heavy atom. The van der Waals surface area contributed by atoms with E-state index < -0.39 is 0 Å². The molecule has 0 spiro atoms. The predicted octanol–water partition coefficient (Wildman–Crippen LogP) is 5.21. The third kappa shape index (κ3) is 4.69. The number of aromatic nitrogens is 1. The van der Waals surface area contributed by atoms with Crippen molar-refractivity contribution in [3.05, 3.63) is 77.3 Å². The average molecular weight is 334 g/mol. The van der Waals surface area contributed by atoms with Gasteiger partial charge < -0.3 is 5.32 Å². The lowest BCUT2D eigenvalue weighted by molar-refractivity contribution is -0.111. The summed E-state index contributed by atoms with van der Waals surface area (Å²) in [5, 5.41) is 13.7. The Hall–Kier alpha value is -3.12. The van der Waals surface area contributed by atoms with Crippen LogP contribution in [-0.2, 0) is 4.79 Å². The minimum absolute atomic E-state index is 0.205. The van der Waals surface area contributed by atoms with Crippen LogP contribution < -0.4 is 5.32 Å². The van der Waals surface area contributed by atoms with Crippen molar-refractivity contribution in [3.63, 3.8) is 0 Å². The lowest BCUT2D eigenvalue weighted by Gasteiger charge is -2.01. The van der Waals surface area contributed by atoms with E-state index in [0.29, 0.717) is 5.69 Å². The summed E-state index contributed by atoms with van der Waals surface area (Å²) in [6, 6.07) is 16.7. The molecule has 0 radical (unpaired) electrons. The second-order valence-electron chi connectivity index (χ2n) is 4.78. The van der Waals surface area contributed by atoms with Crippen LogP contribution in [0.5, 0.6) is 0 Å². The van der Waals surface area contributed by atoms with Gasteiger partial charge in [0.15, 0.2) is 0 Å². The predicted molar refractivity (Wildman–Crippen MR) is 96.8 cm³/mol. The van der Waals surface area contributed by atoms with Crippen molar-refractivity contribution in [1.29, 1.82) is 0 Å². The van der Waals surface area contributed by atoms with Crippen LogP contribution in [0.4, 0.5) is 17.1 Å². The number of hydrogen-bond acceptors (Lipinski definition) is 5. The van der Waals surface area contributed by atoms with E-state index in [4.69, 9.17) is 0 Å². The van der Waals surface area contributed by atoms with Gasteiger partial charge in [0, 0.05) is 23.3 Å². The lowest BCUT2D eigenvalue weighted by Crippen LogP contribution is -2.07. The molecule has 0 aliphatic rings. The molecule has 0 atom stereocenters. The fourth-order valence-electron chi connectivity index (χ4n) is 1.87. The maximum atomic E-state index is 11.8. The Morgan fingerprint density at radius 2 is 1.71 bits per heavy atom. The molecule has 1 aromatic heterocycles. The van der Waals surface area contributed by atoms with Crippen molar-refractivity contribution in [1.82, 2.24) is 4.98 Å². The zero-order chi connectivity index (χ0) is 16.6. The molecule has 3 rings (SSSR count). The summed E-state index contributed by atoms with van der Waals surface area (Å²) in [4.78, 5) is 15.9. The van der Waals surface area contributed by atoms with Gasteiger partial charge in [-0.3, -0.25) is 4.79 Å². The Bertz CT molecular complexity index is 840. The van der Waals surface area contributed by atoms with E-state index in [0.717, 1.165) is 16.4 Å². The molecule has 6 heteroatoms. The number of carbonyl (C=O) groups excluding carboxylic acids is 1. The average Bonchev–Trinajstić information content (AvgIpc) is 3.14. The maximum Gasteiger partial charge on any atom is 0.248 e. The van der Waals surface area contributed by atoms with E-state index in [-0.39, 0.29) is 5.91 Å². The van der Waals surface area contributed by atoms with Gasteiger partial charge in [-0.2, -0.15) is 10.2 Å². The van der Waals surface area contributed by atoms with Crippen molar-refractivity contribution in [2.45, 2.75) is 0 Å². The van der Waals surface area contributed by atoms with Crippen molar-refractivity contribution in [3.8, 4) is 0 Å². The van der Waals surface area contributed by atoms with Gasteiger partial charge in [-0.15, -0.1) is 11.3 Å². The van der Waals surface area contributed by atoms with Crippen LogP contribution in [0, 0.1) is 0 Å². The molecule has 0 unspecified atom stereocenters. The number of hydrogen-bond donors (Lipinski definition) is 1. The van der Waals surface area contributed by atoms with Crippen LogP contribution in [0.25, 0.3) is 6.08 Å². The summed E-state index contributed by atoms with van der Waals surface area (Å²) >= 11 is 1.48. The van der Waals surface area contributed by atoms with Crippen molar-refractivity contribution in [2.75, 3.05) is 5.32 Å². The van der Waals surface area contributed by atoms with Crippen LogP contribution in [0.2, 0.25) is 0 Å². The number of azo groups is 1. The van der Waals surface area contributed by atoms with Crippen molar-refractivity contribution >= 4 is 40.4 Å². The highest BCUT2D eigenvalue weighted by Gasteiger charge is 1.99. The van der Waals surface area contributed by atoms with Crippen molar-refractivity contribution in [2.24, 2.45) is 10.2 Å². The number of nitrogens with zero attached hydrogens (tertiary/aromatic N) is 3. The molecule has 118 valence electrons. The summed E-state index contributed by atoms with van der Waals surface area (Å²) in [6.07, 6.45) is 4.84. The lowest BCUT2D eigenvalue weighted by atomic mass is 10.3. The van der Waals surface area contributed by atoms with Gasteiger partial charge in [0.2, 0.25) is 5.91 Å². The van der Waals surface area contributed by atoms with Crippen molar-refractivity contribution < 1.29 is 4.79 Å². The molecular formula is C18H14N4OS. The Morgan fingerprint density at radius 1 is 1.00 bits per heavy atom. The van der Waals surface area contributed by atoms with Gasteiger partial charge in [-0.1, -0.05) is 18.2 Å². The van der Waals surface area contributed by atoms with Crippen LogP contribution in [0.1, 0.15) is 5.01 Å². The van der Waals surface area contributed by atoms with Crippen LogP contribution in [0.3, 0.4) is 0 Å². The van der Waals surface area contributed by atoms with Gasteiger partial charge in [-0.05, 0) is 42.5 Å². The van der Waals surface area contributed by atoms with Gasteiger partial charge in [0.1, 0.15) is 5.01 Å². The summed E-state index contributed by atoms with van der Waals surface area (Å²) in [7, 11) is 0. The normalized spacial score (nSPS) is 11.2. The molecule has 2 aromatic carbocycles. The third-order valence-electron chi connectivity index (χ3n) is 3.00. The summed E-state index contributed by atoms with van der Waals surface area (Å²) in [6.45, 7) is 0. The molecule has 0 saturated heterocycles. The highest BCUT2D eigenvalue weighted by molar-refractivity contribution is 7.10.